The van der Waals surface area contributed by atoms with E-state index in [0.717, 1.165) is 32.5 Å². The molecule has 2 fully saturated rings. The van der Waals surface area contributed by atoms with Crippen LogP contribution < -0.4 is 0 Å². The summed E-state index contributed by atoms with van der Waals surface area (Å²) < 4.78 is 22.8. The van der Waals surface area contributed by atoms with Crippen molar-refractivity contribution in [3.05, 3.63) is 0 Å². The first-order valence-corrected chi connectivity index (χ1v) is 8.46. The standard InChI is InChI=1S/C12H23NO3S/c14-10-12(9-13-5-1-2-6-13)11-3-7-17(15,16)8-4-11/h11-12,14H,1-10H2. The maximum absolute atomic E-state index is 11.4. The number of aliphatic hydroxyl groups excluding tert-OH is 1. The monoisotopic (exact) mass is 261 g/mol. The van der Waals surface area contributed by atoms with Gasteiger partial charge in [0, 0.05) is 13.2 Å². The molecule has 17 heavy (non-hydrogen) atoms. The molecule has 4 nitrogen and oxygen atoms in total. The zero-order valence-corrected chi connectivity index (χ0v) is 11.2. The second-order valence-electron chi connectivity index (χ2n) is 5.44. The van der Waals surface area contributed by atoms with Gasteiger partial charge in [0.15, 0.2) is 0 Å². The normalized spacial score (nSPS) is 28.3. The van der Waals surface area contributed by atoms with E-state index >= 15 is 0 Å². The Morgan fingerprint density at radius 1 is 1.18 bits per heavy atom. The summed E-state index contributed by atoms with van der Waals surface area (Å²) >= 11 is 0. The Hall–Kier alpha value is -0.130. The zero-order valence-electron chi connectivity index (χ0n) is 10.3. The Bertz CT molecular complexity index is 322. The average Bonchev–Trinajstić information content (AvgIpc) is 2.79. The molecular formula is C12H23NO3S. The third-order valence-corrected chi connectivity index (χ3v) is 5.91. The first kappa shape index (κ1) is 13.3. The molecule has 1 atom stereocenters. The fourth-order valence-corrected chi connectivity index (χ4v) is 4.56. The van der Waals surface area contributed by atoms with Gasteiger partial charge in [-0.15, -0.1) is 0 Å². The van der Waals surface area contributed by atoms with Crippen molar-refractivity contribution in [1.82, 2.24) is 4.90 Å². The van der Waals surface area contributed by atoms with Crippen LogP contribution in [0.2, 0.25) is 0 Å². The van der Waals surface area contributed by atoms with E-state index in [1.807, 2.05) is 0 Å². The van der Waals surface area contributed by atoms with Gasteiger partial charge in [-0.2, -0.15) is 0 Å². The van der Waals surface area contributed by atoms with E-state index in [-0.39, 0.29) is 12.5 Å². The molecule has 0 aliphatic carbocycles. The SMILES string of the molecule is O=S1(=O)CCC(C(CO)CN2CCCC2)CC1. The summed E-state index contributed by atoms with van der Waals surface area (Å²) in [5.41, 5.74) is 0. The van der Waals surface area contributed by atoms with E-state index in [1.54, 1.807) is 0 Å². The van der Waals surface area contributed by atoms with Crippen LogP contribution in [0.25, 0.3) is 0 Å². The van der Waals surface area contributed by atoms with Crippen LogP contribution in [0.3, 0.4) is 0 Å². The molecule has 2 aliphatic heterocycles. The van der Waals surface area contributed by atoms with Crippen LogP contribution in [0.1, 0.15) is 25.7 Å². The summed E-state index contributed by atoms with van der Waals surface area (Å²) in [5.74, 6) is 1.29. The minimum Gasteiger partial charge on any atom is -0.396 e. The lowest BCUT2D eigenvalue weighted by molar-refractivity contribution is 0.127. The second-order valence-corrected chi connectivity index (χ2v) is 7.74. The van der Waals surface area contributed by atoms with Gasteiger partial charge in [0.25, 0.3) is 0 Å². The first-order valence-electron chi connectivity index (χ1n) is 6.64. The number of hydrogen-bond donors (Lipinski definition) is 1. The predicted octanol–water partition coefficient (Wildman–Crippen LogP) is 0.515. The molecule has 0 radical (unpaired) electrons. The molecule has 1 unspecified atom stereocenters. The van der Waals surface area contributed by atoms with E-state index in [0.29, 0.717) is 17.4 Å². The molecule has 2 heterocycles. The summed E-state index contributed by atoms with van der Waals surface area (Å²) in [6, 6.07) is 0. The molecular weight excluding hydrogens is 238 g/mol. The van der Waals surface area contributed by atoms with Crippen molar-refractivity contribution in [3.63, 3.8) is 0 Å². The molecule has 1 N–H and O–H groups in total. The van der Waals surface area contributed by atoms with Crippen LogP contribution in [0.4, 0.5) is 0 Å². The zero-order chi connectivity index (χ0) is 12.3. The molecule has 2 saturated heterocycles. The molecule has 0 saturated carbocycles. The molecule has 2 aliphatic rings. The Balaban J connectivity index is 1.85. The van der Waals surface area contributed by atoms with Gasteiger partial charge in [-0.1, -0.05) is 0 Å². The Kier molecular flexibility index (Phi) is 4.44. The summed E-state index contributed by atoms with van der Waals surface area (Å²) in [5, 5.41) is 9.49. The van der Waals surface area contributed by atoms with Crippen LogP contribution in [-0.2, 0) is 9.84 Å². The Labute approximate surface area is 104 Å². The molecule has 0 aromatic carbocycles. The average molecular weight is 261 g/mol. The van der Waals surface area contributed by atoms with Gasteiger partial charge in [0.2, 0.25) is 0 Å². The van der Waals surface area contributed by atoms with Crippen molar-refractivity contribution in [2.75, 3.05) is 37.7 Å². The largest absolute Gasteiger partial charge is 0.396 e. The van der Waals surface area contributed by atoms with Crippen molar-refractivity contribution in [2.24, 2.45) is 11.8 Å². The number of nitrogens with zero attached hydrogens (tertiary/aromatic N) is 1. The maximum Gasteiger partial charge on any atom is 0.150 e. The number of likely N-dealkylation sites (tertiary alicyclic amines) is 1. The maximum atomic E-state index is 11.4. The molecule has 0 bridgehead atoms. The molecule has 0 aromatic rings. The highest BCUT2D eigenvalue weighted by atomic mass is 32.2. The Morgan fingerprint density at radius 2 is 1.76 bits per heavy atom. The van der Waals surface area contributed by atoms with E-state index in [1.165, 1.54) is 12.8 Å². The van der Waals surface area contributed by atoms with Gasteiger partial charge in [0.1, 0.15) is 9.84 Å². The number of sulfone groups is 1. The third-order valence-electron chi connectivity index (χ3n) is 4.19. The van der Waals surface area contributed by atoms with Crippen LogP contribution in [0.5, 0.6) is 0 Å². The van der Waals surface area contributed by atoms with Gasteiger partial charge in [-0.05, 0) is 50.6 Å². The second kappa shape index (κ2) is 5.67. The first-order chi connectivity index (χ1) is 8.11. The minimum absolute atomic E-state index is 0.196. The fourth-order valence-electron chi connectivity index (χ4n) is 3.03. The number of rotatable bonds is 4. The molecule has 0 amide bonds. The van der Waals surface area contributed by atoms with Crippen molar-refractivity contribution >= 4 is 9.84 Å². The number of hydrogen-bond acceptors (Lipinski definition) is 4. The lowest BCUT2D eigenvalue weighted by Gasteiger charge is -2.31. The van der Waals surface area contributed by atoms with Crippen molar-refractivity contribution in [3.8, 4) is 0 Å². The van der Waals surface area contributed by atoms with E-state index in [4.69, 9.17) is 0 Å². The van der Waals surface area contributed by atoms with Crippen molar-refractivity contribution < 1.29 is 13.5 Å². The van der Waals surface area contributed by atoms with Gasteiger partial charge in [-0.25, -0.2) is 8.42 Å². The van der Waals surface area contributed by atoms with Crippen molar-refractivity contribution in [1.29, 1.82) is 0 Å². The van der Waals surface area contributed by atoms with E-state index in [9.17, 15) is 13.5 Å². The van der Waals surface area contributed by atoms with Crippen LogP contribution in [0.15, 0.2) is 0 Å². The molecule has 0 aromatic heterocycles. The lowest BCUT2D eigenvalue weighted by atomic mass is 9.87. The molecule has 2 rings (SSSR count). The quantitative estimate of drug-likeness (QED) is 0.801. The van der Waals surface area contributed by atoms with Gasteiger partial charge < -0.3 is 10.0 Å². The highest BCUT2D eigenvalue weighted by Crippen LogP contribution is 2.27. The van der Waals surface area contributed by atoms with Crippen LogP contribution in [-0.4, -0.2) is 56.2 Å². The summed E-state index contributed by atoms with van der Waals surface area (Å²) in [4.78, 5) is 2.41. The summed E-state index contributed by atoms with van der Waals surface area (Å²) in [6.07, 6.45) is 4.00. The molecule has 5 heteroatoms. The van der Waals surface area contributed by atoms with Crippen LogP contribution in [0, 0.1) is 11.8 Å². The van der Waals surface area contributed by atoms with Gasteiger partial charge in [0.05, 0.1) is 11.5 Å². The summed E-state index contributed by atoms with van der Waals surface area (Å²) in [7, 11) is -2.78. The Morgan fingerprint density at radius 3 is 2.29 bits per heavy atom. The summed E-state index contributed by atoms with van der Waals surface area (Å²) in [6.45, 7) is 3.42. The molecule has 0 spiro atoms. The van der Waals surface area contributed by atoms with E-state index < -0.39 is 9.84 Å². The number of aliphatic hydroxyl groups is 1. The van der Waals surface area contributed by atoms with Gasteiger partial charge in [-0.3, -0.25) is 0 Å². The van der Waals surface area contributed by atoms with Crippen LogP contribution >= 0.6 is 0 Å². The fraction of sp³-hybridized carbons (Fsp3) is 1.00. The smallest absolute Gasteiger partial charge is 0.150 e. The molecule has 100 valence electrons. The van der Waals surface area contributed by atoms with E-state index in [2.05, 4.69) is 4.90 Å². The third kappa shape index (κ3) is 3.66. The highest BCUT2D eigenvalue weighted by molar-refractivity contribution is 7.91. The minimum atomic E-state index is -2.78. The predicted molar refractivity (Wildman–Crippen MR) is 67.6 cm³/mol. The topological polar surface area (TPSA) is 57.6 Å². The van der Waals surface area contributed by atoms with Crippen molar-refractivity contribution in [2.45, 2.75) is 25.7 Å². The van der Waals surface area contributed by atoms with Gasteiger partial charge >= 0.3 is 0 Å². The highest BCUT2D eigenvalue weighted by Gasteiger charge is 2.30. The lowest BCUT2D eigenvalue weighted by Crippen LogP contribution is -2.36.